The summed E-state index contributed by atoms with van der Waals surface area (Å²) in [5.41, 5.74) is 4.05. The van der Waals surface area contributed by atoms with Crippen LogP contribution in [0.5, 0.6) is 5.75 Å². The maximum Gasteiger partial charge on any atom is 0.267 e. The second-order valence-electron chi connectivity index (χ2n) is 5.44. The molecule has 0 aliphatic carbocycles. The predicted molar refractivity (Wildman–Crippen MR) is 98.8 cm³/mol. The van der Waals surface area contributed by atoms with Gasteiger partial charge in [-0.2, -0.15) is 0 Å². The molecule has 3 aromatic rings. The maximum absolute atomic E-state index is 13.2. The molecule has 1 heterocycles. The molecule has 0 saturated carbocycles. The van der Waals surface area contributed by atoms with Gasteiger partial charge in [-0.05, 0) is 31.2 Å². The molecule has 7 heteroatoms. The molecule has 6 nitrogen and oxygen atoms in total. The number of aromatic nitrogens is 1. The number of nitrogens with one attached hydrogen (secondary N) is 1. The van der Waals surface area contributed by atoms with Gasteiger partial charge in [0.1, 0.15) is 5.75 Å². The first-order valence-corrected chi connectivity index (χ1v) is 8.28. The summed E-state index contributed by atoms with van der Waals surface area (Å²) in [6.45, 7) is 1.72. The number of carbonyl (C=O) groups is 2. The number of hydrazine groups is 1. The molecule has 0 saturated heterocycles. The summed E-state index contributed by atoms with van der Waals surface area (Å²) in [6, 6.07) is 12.4. The Kier molecular flexibility index (Phi) is 4.61. The number of para-hydroxylation sites is 1. The van der Waals surface area contributed by atoms with Crippen molar-refractivity contribution in [2.75, 3.05) is 7.11 Å². The van der Waals surface area contributed by atoms with Gasteiger partial charge in [0.2, 0.25) is 0 Å². The average Bonchev–Trinajstić information content (AvgIpc) is 2.92. The zero-order valence-electron chi connectivity index (χ0n) is 13.7. The number of fused-ring (bicyclic) bond motifs is 1. The number of methoxy groups -OCH3 is 1. The van der Waals surface area contributed by atoms with Crippen molar-refractivity contribution < 1.29 is 14.3 Å². The first kappa shape index (κ1) is 17.2. The minimum absolute atomic E-state index is 0.289. The molecule has 0 aliphatic rings. The summed E-state index contributed by atoms with van der Waals surface area (Å²) in [7, 11) is 1.51. The second-order valence-corrected chi connectivity index (χ2v) is 6.35. The Hall–Kier alpha value is -2.64. The highest BCUT2D eigenvalue weighted by Gasteiger charge is 2.24. The zero-order chi connectivity index (χ0) is 18.1. The van der Waals surface area contributed by atoms with E-state index in [2.05, 4.69) is 21.4 Å². The molecule has 0 fully saturated rings. The number of rotatable bonds is 3. The fourth-order valence-electron chi connectivity index (χ4n) is 2.96. The van der Waals surface area contributed by atoms with Crippen LogP contribution in [-0.2, 0) is 0 Å². The summed E-state index contributed by atoms with van der Waals surface area (Å²) in [6.07, 6.45) is 0. The second kappa shape index (κ2) is 6.70. The van der Waals surface area contributed by atoms with E-state index in [9.17, 15) is 9.59 Å². The first-order chi connectivity index (χ1) is 12.0. The van der Waals surface area contributed by atoms with Crippen LogP contribution in [0.4, 0.5) is 0 Å². The number of benzene rings is 2. The molecule has 0 bridgehead atoms. The van der Waals surface area contributed by atoms with Crippen molar-refractivity contribution in [3.63, 3.8) is 0 Å². The van der Waals surface area contributed by atoms with Crippen LogP contribution in [0.3, 0.4) is 0 Å². The van der Waals surface area contributed by atoms with Crippen LogP contribution in [0.25, 0.3) is 10.9 Å². The molecule has 0 atom stereocenters. The van der Waals surface area contributed by atoms with E-state index in [4.69, 9.17) is 10.6 Å². The highest BCUT2D eigenvalue weighted by atomic mass is 79.9. The smallest absolute Gasteiger partial charge is 0.267 e. The number of ether oxygens (including phenoxy) is 1. The predicted octanol–water partition coefficient (Wildman–Crippen LogP) is 3.01. The standard InChI is InChI=1S/C18H16BrN3O3/c1-10-16(17(23)21-20)12-5-3-4-6-14(12)22(10)18(24)13-9-11(19)7-8-15(13)25-2/h3-9H,20H2,1-2H3,(H,21,23). The van der Waals surface area contributed by atoms with Crippen molar-refractivity contribution >= 4 is 38.6 Å². The van der Waals surface area contributed by atoms with Gasteiger partial charge in [-0.3, -0.25) is 19.6 Å². The number of nitrogens with two attached hydrogens (primary N) is 1. The third kappa shape index (κ3) is 2.81. The van der Waals surface area contributed by atoms with Crippen molar-refractivity contribution in [2.24, 2.45) is 5.84 Å². The Labute approximate surface area is 152 Å². The Morgan fingerprint density at radius 2 is 1.92 bits per heavy atom. The van der Waals surface area contributed by atoms with Gasteiger partial charge in [0.15, 0.2) is 0 Å². The molecule has 0 unspecified atom stereocenters. The van der Waals surface area contributed by atoms with Crippen molar-refractivity contribution in [3.8, 4) is 5.75 Å². The van der Waals surface area contributed by atoms with E-state index >= 15 is 0 Å². The quantitative estimate of drug-likeness (QED) is 0.401. The van der Waals surface area contributed by atoms with Crippen LogP contribution >= 0.6 is 15.9 Å². The number of hydrogen-bond acceptors (Lipinski definition) is 4. The van der Waals surface area contributed by atoms with E-state index < -0.39 is 5.91 Å². The van der Waals surface area contributed by atoms with Crippen LogP contribution < -0.4 is 16.0 Å². The Bertz CT molecular complexity index is 995. The molecule has 1 aromatic heterocycles. The Balaban J connectivity index is 2.30. The molecule has 3 N–H and O–H groups in total. The van der Waals surface area contributed by atoms with Gasteiger partial charge in [0.25, 0.3) is 11.8 Å². The van der Waals surface area contributed by atoms with Crippen LogP contribution in [0.2, 0.25) is 0 Å². The summed E-state index contributed by atoms with van der Waals surface area (Å²) in [5, 5.41) is 0.658. The molecule has 3 rings (SSSR count). The summed E-state index contributed by atoms with van der Waals surface area (Å²) >= 11 is 3.38. The summed E-state index contributed by atoms with van der Waals surface area (Å²) in [4.78, 5) is 25.4. The van der Waals surface area contributed by atoms with E-state index in [1.54, 1.807) is 37.3 Å². The van der Waals surface area contributed by atoms with Crippen LogP contribution in [0.15, 0.2) is 46.9 Å². The fourth-order valence-corrected chi connectivity index (χ4v) is 3.32. The minimum Gasteiger partial charge on any atom is -0.496 e. The zero-order valence-corrected chi connectivity index (χ0v) is 15.3. The molecule has 1 amide bonds. The van der Waals surface area contributed by atoms with E-state index in [1.807, 2.05) is 12.1 Å². The molecular weight excluding hydrogens is 386 g/mol. The van der Waals surface area contributed by atoms with Gasteiger partial charge < -0.3 is 4.74 Å². The molecule has 0 radical (unpaired) electrons. The molecule has 25 heavy (non-hydrogen) atoms. The number of carbonyl (C=O) groups excluding carboxylic acids is 2. The molecular formula is C18H16BrN3O3. The number of nitrogens with zero attached hydrogens (tertiary/aromatic N) is 1. The molecule has 0 aliphatic heterocycles. The number of hydrogen-bond donors (Lipinski definition) is 2. The Morgan fingerprint density at radius 1 is 1.20 bits per heavy atom. The molecule has 128 valence electrons. The largest absolute Gasteiger partial charge is 0.496 e. The highest BCUT2D eigenvalue weighted by Crippen LogP contribution is 2.30. The maximum atomic E-state index is 13.2. The number of halogens is 1. The van der Waals surface area contributed by atoms with Crippen molar-refractivity contribution in [1.82, 2.24) is 9.99 Å². The lowest BCUT2D eigenvalue weighted by molar-refractivity contribution is 0.0953. The van der Waals surface area contributed by atoms with E-state index in [1.165, 1.54) is 11.7 Å². The summed E-state index contributed by atoms with van der Waals surface area (Å²) < 4.78 is 7.58. The van der Waals surface area contributed by atoms with Gasteiger partial charge in [0, 0.05) is 15.6 Å². The van der Waals surface area contributed by atoms with Crippen LogP contribution in [0, 0.1) is 6.92 Å². The third-order valence-corrected chi connectivity index (χ3v) is 4.56. The Morgan fingerprint density at radius 3 is 2.60 bits per heavy atom. The topological polar surface area (TPSA) is 86.3 Å². The van der Waals surface area contributed by atoms with Gasteiger partial charge in [-0.25, -0.2) is 5.84 Å². The number of amides is 1. The molecule has 0 spiro atoms. The lowest BCUT2D eigenvalue weighted by Gasteiger charge is -2.11. The van der Waals surface area contributed by atoms with Crippen LogP contribution in [0.1, 0.15) is 26.4 Å². The minimum atomic E-state index is -0.443. The van der Waals surface area contributed by atoms with Gasteiger partial charge in [-0.1, -0.05) is 34.1 Å². The monoisotopic (exact) mass is 401 g/mol. The average molecular weight is 402 g/mol. The normalized spacial score (nSPS) is 10.7. The van der Waals surface area contributed by atoms with Crippen molar-refractivity contribution in [3.05, 3.63) is 63.8 Å². The van der Waals surface area contributed by atoms with Crippen molar-refractivity contribution in [2.45, 2.75) is 6.92 Å². The van der Waals surface area contributed by atoms with Gasteiger partial charge in [-0.15, -0.1) is 0 Å². The molecule has 2 aromatic carbocycles. The SMILES string of the molecule is COc1ccc(Br)cc1C(=O)n1c(C)c(C(=O)NN)c2ccccc21. The van der Waals surface area contributed by atoms with Crippen molar-refractivity contribution in [1.29, 1.82) is 0 Å². The fraction of sp³-hybridized carbons (Fsp3) is 0.111. The lowest BCUT2D eigenvalue weighted by Crippen LogP contribution is -2.30. The van der Waals surface area contributed by atoms with Gasteiger partial charge in [0.05, 0.1) is 23.8 Å². The van der Waals surface area contributed by atoms with Gasteiger partial charge >= 0.3 is 0 Å². The van der Waals surface area contributed by atoms with E-state index in [-0.39, 0.29) is 5.91 Å². The lowest BCUT2D eigenvalue weighted by atomic mass is 10.1. The number of nitrogen functional groups attached to an aromatic ring is 1. The van der Waals surface area contributed by atoms with E-state index in [0.29, 0.717) is 33.5 Å². The highest BCUT2D eigenvalue weighted by molar-refractivity contribution is 9.10. The van der Waals surface area contributed by atoms with Crippen LogP contribution in [-0.4, -0.2) is 23.5 Å². The summed E-state index contributed by atoms with van der Waals surface area (Å²) in [5.74, 6) is 5.03. The first-order valence-electron chi connectivity index (χ1n) is 7.48. The third-order valence-electron chi connectivity index (χ3n) is 4.06. The van der Waals surface area contributed by atoms with E-state index in [0.717, 1.165) is 4.47 Å².